The summed E-state index contributed by atoms with van der Waals surface area (Å²) in [4.78, 5) is 10.4. The van der Waals surface area contributed by atoms with Crippen molar-refractivity contribution < 1.29 is 14.6 Å². The molecule has 0 rings (SSSR count). The Kier molecular flexibility index (Phi) is 7.42. The van der Waals surface area contributed by atoms with Crippen molar-refractivity contribution in [2.75, 3.05) is 26.3 Å². The van der Waals surface area contributed by atoms with Crippen molar-refractivity contribution in [1.29, 1.82) is 0 Å². The molecule has 2 N–H and O–H groups in total. The Morgan fingerprint density at radius 1 is 1.43 bits per heavy atom. The number of rotatable bonds is 8. The third-order valence-corrected chi connectivity index (χ3v) is 1.75. The maximum atomic E-state index is 10.4. The lowest BCUT2D eigenvalue weighted by atomic mass is 10.2. The quantitative estimate of drug-likeness (QED) is 0.577. The summed E-state index contributed by atoms with van der Waals surface area (Å²) < 4.78 is 5.33. The van der Waals surface area contributed by atoms with Gasteiger partial charge in [0.1, 0.15) is 0 Å². The smallest absolute Gasteiger partial charge is 0.307 e. The molecule has 0 aliphatic rings. The van der Waals surface area contributed by atoms with Crippen LogP contribution < -0.4 is 5.32 Å². The first-order valence-electron chi connectivity index (χ1n) is 5.05. The van der Waals surface area contributed by atoms with Gasteiger partial charge in [0.25, 0.3) is 0 Å². The number of ether oxygens (including phenoxy) is 1. The number of hydrogen-bond acceptors (Lipinski definition) is 3. The molecule has 0 saturated heterocycles. The molecule has 4 heteroatoms. The van der Waals surface area contributed by atoms with Crippen LogP contribution in [0.3, 0.4) is 0 Å². The molecule has 0 spiro atoms. The zero-order chi connectivity index (χ0) is 11.0. The molecule has 84 valence electrons. The van der Waals surface area contributed by atoms with Gasteiger partial charge >= 0.3 is 5.97 Å². The van der Waals surface area contributed by atoms with E-state index in [-0.39, 0.29) is 5.92 Å². The summed E-state index contributed by atoms with van der Waals surface area (Å²) in [6, 6.07) is 0. The van der Waals surface area contributed by atoms with Gasteiger partial charge in [-0.2, -0.15) is 0 Å². The largest absolute Gasteiger partial charge is 0.481 e. The fraction of sp³-hybridized carbons (Fsp3) is 0.900. The Hall–Kier alpha value is -0.610. The van der Waals surface area contributed by atoms with Gasteiger partial charge in [0.2, 0.25) is 0 Å². The van der Waals surface area contributed by atoms with Crippen molar-refractivity contribution in [3.63, 3.8) is 0 Å². The first kappa shape index (κ1) is 13.4. The van der Waals surface area contributed by atoms with Crippen LogP contribution in [0.1, 0.15) is 20.8 Å². The van der Waals surface area contributed by atoms with Crippen LogP contribution in [-0.4, -0.2) is 37.4 Å². The Labute approximate surface area is 85.6 Å². The first-order valence-corrected chi connectivity index (χ1v) is 5.05. The molecule has 0 aromatic rings. The molecule has 1 unspecified atom stereocenters. The Balaban J connectivity index is 3.17. The van der Waals surface area contributed by atoms with E-state index in [1.165, 1.54) is 0 Å². The van der Waals surface area contributed by atoms with Crippen molar-refractivity contribution in [2.24, 2.45) is 11.8 Å². The fourth-order valence-electron chi connectivity index (χ4n) is 0.869. The average Bonchev–Trinajstić information content (AvgIpc) is 2.09. The molecular formula is C10H21NO3. The molecule has 0 aliphatic carbocycles. The minimum Gasteiger partial charge on any atom is -0.481 e. The minimum absolute atomic E-state index is 0.333. The Bertz CT molecular complexity index is 159. The number of aliphatic carboxylic acids is 1. The molecule has 0 amide bonds. The van der Waals surface area contributed by atoms with Gasteiger partial charge in [-0.25, -0.2) is 0 Å². The highest BCUT2D eigenvalue weighted by Gasteiger charge is 2.08. The molecule has 0 aromatic carbocycles. The number of carbonyl (C=O) groups is 1. The van der Waals surface area contributed by atoms with E-state index in [4.69, 9.17) is 9.84 Å². The topological polar surface area (TPSA) is 58.6 Å². The summed E-state index contributed by atoms with van der Waals surface area (Å²) >= 11 is 0. The lowest BCUT2D eigenvalue weighted by Gasteiger charge is -2.09. The van der Waals surface area contributed by atoms with E-state index in [0.717, 1.165) is 6.61 Å². The summed E-state index contributed by atoms with van der Waals surface area (Å²) in [6.45, 7) is 8.50. The van der Waals surface area contributed by atoms with Gasteiger partial charge < -0.3 is 15.2 Å². The third kappa shape index (κ3) is 8.01. The monoisotopic (exact) mass is 203 g/mol. The highest BCUT2D eigenvalue weighted by molar-refractivity contribution is 5.69. The average molecular weight is 203 g/mol. The van der Waals surface area contributed by atoms with E-state index in [9.17, 15) is 4.79 Å². The van der Waals surface area contributed by atoms with Gasteiger partial charge in [-0.3, -0.25) is 4.79 Å². The number of hydrogen-bond donors (Lipinski definition) is 2. The number of carboxylic acid groups (broad SMARTS) is 1. The molecule has 0 radical (unpaired) electrons. The number of nitrogens with one attached hydrogen (secondary N) is 1. The van der Waals surface area contributed by atoms with E-state index in [1.807, 2.05) is 0 Å². The minimum atomic E-state index is -0.763. The summed E-state index contributed by atoms with van der Waals surface area (Å²) in [5.74, 6) is -0.548. The van der Waals surface area contributed by atoms with E-state index < -0.39 is 5.97 Å². The van der Waals surface area contributed by atoms with Crippen LogP contribution in [0.5, 0.6) is 0 Å². The molecule has 0 fully saturated rings. The van der Waals surface area contributed by atoms with Crippen molar-refractivity contribution in [1.82, 2.24) is 5.32 Å². The molecule has 4 nitrogen and oxygen atoms in total. The van der Waals surface area contributed by atoms with Crippen LogP contribution in [0.2, 0.25) is 0 Å². The second kappa shape index (κ2) is 7.76. The van der Waals surface area contributed by atoms with Crippen LogP contribution in [0.4, 0.5) is 0 Å². The van der Waals surface area contributed by atoms with Gasteiger partial charge in [-0.05, 0) is 5.92 Å². The molecule has 1 atom stereocenters. The second-order valence-corrected chi connectivity index (χ2v) is 3.91. The van der Waals surface area contributed by atoms with Gasteiger partial charge in [0.05, 0.1) is 12.5 Å². The van der Waals surface area contributed by atoms with Crippen molar-refractivity contribution >= 4 is 5.97 Å². The van der Waals surface area contributed by atoms with Crippen LogP contribution in [0, 0.1) is 11.8 Å². The second-order valence-electron chi connectivity index (χ2n) is 3.91. The molecule has 0 heterocycles. The fourth-order valence-corrected chi connectivity index (χ4v) is 0.869. The molecule has 0 aromatic heterocycles. The van der Waals surface area contributed by atoms with Crippen LogP contribution in [-0.2, 0) is 9.53 Å². The predicted molar refractivity (Wildman–Crippen MR) is 55.3 cm³/mol. The van der Waals surface area contributed by atoms with Crippen LogP contribution >= 0.6 is 0 Å². The normalized spacial score (nSPS) is 13.1. The first-order chi connectivity index (χ1) is 6.54. The number of carboxylic acids is 1. The van der Waals surface area contributed by atoms with Crippen molar-refractivity contribution in [3.8, 4) is 0 Å². The molecule has 0 saturated carbocycles. The molecule has 0 aliphatic heterocycles. The molecular weight excluding hydrogens is 182 g/mol. The lowest BCUT2D eigenvalue weighted by molar-refractivity contribution is -0.140. The van der Waals surface area contributed by atoms with E-state index >= 15 is 0 Å². The van der Waals surface area contributed by atoms with Crippen molar-refractivity contribution in [2.45, 2.75) is 20.8 Å². The van der Waals surface area contributed by atoms with Crippen molar-refractivity contribution in [3.05, 3.63) is 0 Å². The van der Waals surface area contributed by atoms with E-state index in [0.29, 0.717) is 25.6 Å². The SMILES string of the molecule is CC(C)COCCNCC(C)C(=O)O. The van der Waals surface area contributed by atoms with Gasteiger partial charge in [-0.15, -0.1) is 0 Å². The summed E-state index contributed by atoms with van der Waals surface area (Å²) in [6.07, 6.45) is 0. The van der Waals surface area contributed by atoms with E-state index in [1.54, 1.807) is 6.92 Å². The molecule has 14 heavy (non-hydrogen) atoms. The van der Waals surface area contributed by atoms with Gasteiger partial charge in [-0.1, -0.05) is 20.8 Å². The predicted octanol–water partition coefficient (Wildman–Crippen LogP) is 0.969. The zero-order valence-electron chi connectivity index (χ0n) is 9.25. The summed E-state index contributed by atoms with van der Waals surface area (Å²) in [5.41, 5.74) is 0. The van der Waals surface area contributed by atoms with E-state index in [2.05, 4.69) is 19.2 Å². The zero-order valence-corrected chi connectivity index (χ0v) is 9.25. The molecule has 0 bridgehead atoms. The van der Waals surface area contributed by atoms with Crippen LogP contribution in [0.15, 0.2) is 0 Å². The maximum absolute atomic E-state index is 10.4. The Morgan fingerprint density at radius 3 is 2.57 bits per heavy atom. The van der Waals surface area contributed by atoms with Crippen LogP contribution in [0.25, 0.3) is 0 Å². The summed E-state index contributed by atoms with van der Waals surface area (Å²) in [5, 5.41) is 11.6. The lowest BCUT2D eigenvalue weighted by Crippen LogP contribution is -2.29. The maximum Gasteiger partial charge on any atom is 0.307 e. The highest BCUT2D eigenvalue weighted by atomic mass is 16.5. The standard InChI is InChI=1S/C10H21NO3/c1-8(2)7-14-5-4-11-6-9(3)10(12)13/h8-9,11H,4-7H2,1-3H3,(H,12,13). The van der Waals surface area contributed by atoms with Gasteiger partial charge in [0.15, 0.2) is 0 Å². The van der Waals surface area contributed by atoms with Gasteiger partial charge in [0, 0.05) is 19.7 Å². The Morgan fingerprint density at radius 2 is 2.07 bits per heavy atom. The summed E-state index contributed by atoms with van der Waals surface area (Å²) in [7, 11) is 0. The highest BCUT2D eigenvalue weighted by Crippen LogP contribution is 1.92. The third-order valence-electron chi connectivity index (χ3n) is 1.75.